The minimum absolute atomic E-state index is 0.0182. The van der Waals surface area contributed by atoms with Gasteiger partial charge in [0, 0.05) is 6.61 Å². The maximum absolute atomic E-state index is 6.19. The molecule has 0 heterocycles. The zero-order chi connectivity index (χ0) is 12.8. The summed E-state index contributed by atoms with van der Waals surface area (Å²) in [5.41, 5.74) is 3.12. The van der Waals surface area contributed by atoms with E-state index < -0.39 is 0 Å². The Kier molecular flexibility index (Phi) is 5.46. The summed E-state index contributed by atoms with van der Waals surface area (Å²) in [5, 5.41) is 0. The van der Waals surface area contributed by atoms with Crippen molar-refractivity contribution in [3.05, 3.63) is 0 Å². The second kappa shape index (κ2) is 6.88. The van der Waals surface area contributed by atoms with Crippen molar-refractivity contribution in [3.63, 3.8) is 0 Å². The average Bonchev–Trinajstić information content (AvgIpc) is 2.90. The van der Waals surface area contributed by atoms with E-state index in [9.17, 15) is 0 Å². The molecule has 0 amide bonds. The molecule has 2 aliphatic rings. The predicted molar refractivity (Wildman–Crippen MR) is 75.1 cm³/mol. The minimum atomic E-state index is 0.0182. The second-order valence-corrected chi connectivity index (χ2v) is 6.16. The van der Waals surface area contributed by atoms with Gasteiger partial charge in [0.25, 0.3) is 0 Å². The van der Waals surface area contributed by atoms with Gasteiger partial charge < -0.3 is 4.74 Å². The Morgan fingerprint density at radius 1 is 1.17 bits per heavy atom. The van der Waals surface area contributed by atoms with Crippen molar-refractivity contribution in [3.8, 4) is 0 Å². The minimum Gasteiger partial charge on any atom is -0.374 e. The molecule has 3 nitrogen and oxygen atoms in total. The van der Waals surface area contributed by atoms with Crippen LogP contribution in [0.3, 0.4) is 0 Å². The molecule has 0 aromatic heterocycles. The lowest BCUT2D eigenvalue weighted by molar-refractivity contribution is -0.0942. The number of ether oxygens (including phenoxy) is 1. The van der Waals surface area contributed by atoms with Gasteiger partial charge in [-0.25, -0.2) is 0 Å². The molecule has 0 spiro atoms. The van der Waals surface area contributed by atoms with E-state index in [0.717, 1.165) is 12.5 Å². The van der Waals surface area contributed by atoms with E-state index in [4.69, 9.17) is 10.6 Å². The number of nitrogens with one attached hydrogen (secondary N) is 1. The van der Waals surface area contributed by atoms with Gasteiger partial charge in [0.15, 0.2) is 0 Å². The number of hydrazine groups is 1. The fourth-order valence-corrected chi connectivity index (χ4v) is 4.05. The van der Waals surface area contributed by atoms with Crippen LogP contribution in [0.1, 0.15) is 71.1 Å². The largest absolute Gasteiger partial charge is 0.374 e. The van der Waals surface area contributed by atoms with Crippen LogP contribution >= 0.6 is 0 Å². The Balaban J connectivity index is 2.00. The Hall–Kier alpha value is -0.120. The van der Waals surface area contributed by atoms with E-state index in [0.29, 0.717) is 6.04 Å². The highest BCUT2D eigenvalue weighted by molar-refractivity contribution is 4.96. The van der Waals surface area contributed by atoms with Gasteiger partial charge in [0.05, 0.1) is 11.6 Å². The number of hydrogen-bond donors (Lipinski definition) is 2. The lowest BCUT2D eigenvalue weighted by atomic mass is 9.76. The lowest BCUT2D eigenvalue weighted by Gasteiger charge is -2.44. The topological polar surface area (TPSA) is 47.3 Å². The second-order valence-electron chi connectivity index (χ2n) is 6.16. The summed E-state index contributed by atoms with van der Waals surface area (Å²) in [7, 11) is 0. The Labute approximate surface area is 112 Å². The zero-order valence-corrected chi connectivity index (χ0v) is 11.9. The van der Waals surface area contributed by atoms with Gasteiger partial charge in [-0.1, -0.05) is 44.9 Å². The van der Waals surface area contributed by atoms with Gasteiger partial charge in [-0.15, -0.1) is 0 Å². The lowest BCUT2D eigenvalue weighted by Crippen LogP contribution is -2.56. The van der Waals surface area contributed by atoms with E-state index >= 15 is 0 Å². The Morgan fingerprint density at radius 2 is 1.83 bits per heavy atom. The number of nitrogens with two attached hydrogens (primary N) is 1. The smallest absolute Gasteiger partial charge is 0.0848 e. The van der Waals surface area contributed by atoms with Crippen molar-refractivity contribution in [1.82, 2.24) is 5.43 Å². The summed E-state index contributed by atoms with van der Waals surface area (Å²) < 4.78 is 6.19. The van der Waals surface area contributed by atoms with Crippen LogP contribution in [0, 0.1) is 5.92 Å². The fourth-order valence-electron chi connectivity index (χ4n) is 4.05. The highest BCUT2D eigenvalue weighted by atomic mass is 16.5. The van der Waals surface area contributed by atoms with Crippen molar-refractivity contribution in [2.24, 2.45) is 11.8 Å². The third kappa shape index (κ3) is 3.25. The number of hydrogen-bond acceptors (Lipinski definition) is 3. The molecule has 0 bridgehead atoms. The molecule has 106 valence electrons. The van der Waals surface area contributed by atoms with Crippen LogP contribution < -0.4 is 11.3 Å². The van der Waals surface area contributed by atoms with Crippen molar-refractivity contribution < 1.29 is 4.74 Å². The molecule has 0 aromatic carbocycles. The van der Waals surface area contributed by atoms with Gasteiger partial charge >= 0.3 is 0 Å². The quantitative estimate of drug-likeness (QED) is 0.565. The molecule has 0 saturated heterocycles. The van der Waals surface area contributed by atoms with Crippen LogP contribution in [0.5, 0.6) is 0 Å². The first kappa shape index (κ1) is 14.3. The molecule has 3 heteroatoms. The maximum Gasteiger partial charge on any atom is 0.0848 e. The molecular weight excluding hydrogens is 224 g/mol. The molecule has 2 rings (SSSR count). The van der Waals surface area contributed by atoms with Gasteiger partial charge in [-0.3, -0.25) is 11.3 Å². The summed E-state index contributed by atoms with van der Waals surface area (Å²) in [5.74, 6) is 6.73. The fraction of sp³-hybridized carbons (Fsp3) is 1.00. The summed E-state index contributed by atoms with van der Waals surface area (Å²) in [6.07, 6.45) is 13.1. The molecule has 2 fully saturated rings. The molecule has 2 aliphatic carbocycles. The van der Waals surface area contributed by atoms with Gasteiger partial charge in [-0.05, 0) is 32.1 Å². The highest BCUT2D eigenvalue weighted by Crippen LogP contribution is 2.39. The molecule has 2 saturated carbocycles. The molecule has 0 aliphatic heterocycles. The van der Waals surface area contributed by atoms with Crippen LogP contribution in [-0.2, 0) is 4.74 Å². The van der Waals surface area contributed by atoms with E-state index in [2.05, 4.69) is 12.3 Å². The van der Waals surface area contributed by atoms with Gasteiger partial charge in [0.2, 0.25) is 0 Å². The molecule has 18 heavy (non-hydrogen) atoms. The van der Waals surface area contributed by atoms with Crippen LogP contribution in [0.2, 0.25) is 0 Å². The van der Waals surface area contributed by atoms with E-state index in [-0.39, 0.29) is 5.60 Å². The predicted octanol–water partition coefficient (Wildman–Crippen LogP) is 3.14. The zero-order valence-electron chi connectivity index (χ0n) is 11.9. The summed E-state index contributed by atoms with van der Waals surface area (Å²) in [6.45, 7) is 2.92. The standard InChI is InChI=1S/C15H30N2O/c1-2-18-15(10-6-3-7-11-15)14(17-16)12-13-8-4-5-9-13/h13-14,17H,2-12,16H2,1H3. The maximum atomic E-state index is 6.19. The van der Waals surface area contributed by atoms with E-state index in [1.54, 1.807) is 0 Å². The molecule has 1 unspecified atom stereocenters. The van der Waals surface area contributed by atoms with Crippen LogP contribution in [0.15, 0.2) is 0 Å². The van der Waals surface area contributed by atoms with Gasteiger partial charge in [0.1, 0.15) is 0 Å². The van der Waals surface area contributed by atoms with Crippen molar-refractivity contribution in [2.75, 3.05) is 6.61 Å². The third-order valence-corrected chi connectivity index (χ3v) is 5.01. The third-order valence-electron chi connectivity index (χ3n) is 5.01. The SMILES string of the molecule is CCOC1(C(CC2CCCC2)NN)CCCCC1. The van der Waals surface area contributed by atoms with Crippen molar-refractivity contribution in [1.29, 1.82) is 0 Å². The Morgan fingerprint density at radius 3 is 2.39 bits per heavy atom. The van der Waals surface area contributed by atoms with Crippen LogP contribution in [-0.4, -0.2) is 18.2 Å². The molecule has 3 N–H and O–H groups in total. The summed E-state index contributed by atoms with van der Waals surface area (Å²) in [4.78, 5) is 0. The first-order chi connectivity index (χ1) is 8.80. The van der Waals surface area contributed by atoms with Crippen molar-refractivity contribution in [2.45, 2.75) is 82.8 Å². The van der Waals surface area contributed by atoms with Crippen molar-refractivity contribution >= 4 is 0 Å². The van der Waals surface area contributed by atoms with E-state index in [1.807, 2.05) is 0 Å². The molecular formula is C15H30N2O. The highest BCUT2D eigenvalue weighted by Gasteiger charge is 2.41. The average molecular weight is 254 g/mol. The Bertz CT molecular complexity index is 227. The number of rotatable bonds is 6. The molecule has 1 atom stereocenters. The summed E-state index contributed by atoms with van der Waals surface area (Å²) in [6, 6.07) is 0.348. The van der Waals surface area contributed by atoms with Crippen LogP contribution in [0.25, 0.3) is 0 Å². The monoisotopic (exact) mass is 254 g/mol. The normalized spacial score (nSPS) is 26.3. The van der Waals surface area contributed by atoms with Gasteiger partial charge in [-0.2, -0.15) is 0 Å². The first-order valence-electron chi connectivity index (χ1n) is 7.91. The van der Waals surface area contributed by atoms with Crippen LogP contribution in [0.4, 0.5) is 0 Å². The van der Waals surface area contributed by atoms with E-state index in [1.165, 1.54) is 64.2 Å². The summed E-state index contributed by atoms with van der Waals surface area (Å²) >= 11 is 0. The first-order valence-corrected chi connectivity index (χ1v) is 7.91. The molecule has 0 aromatic rings. The molecule has 0 radical (unpaired) electrons.